The number of halogens is 1. The number of hydrogen-bond acceptors (Lipinski definition) is 3. The Morgan fingerprint density at radius 3 is 2.90 bits per heavy atom. The molecule has 0 amide bonds. The molecule has 0 fully saturated rings. The number of nitrogens with zero attached hydrogens (tertiary/aromatic N) is 1. The fraction of sp³-hybridized carbons (Fsp3) is 0.438. The Morgan fingerprint density at radius 1 is 1.40 bits per heavy atom. The van der Waals surface area contributed by atoms with E-state index in [9.17, 15) is 0 Å². The van der Waals surface area contributed by atoms with Crippen molar-refractivity contribution in [1.29, 1.82) is 0 Å². The van der Waals surface area contributed by atoms with Crippen molar-refractivity contribution in [2.45, 2.75) is 26.2 Å². The third kappa shape index (κ3) is 4.32. The van der Waals surface area contributed by atoms with Gasteiger partial charge < -0.3 is 4.74 Å². The van der Waals surface area contributed by atoms with Gasteiger partial charge in [0.15, 0.2) is 0 Å². The molecule has 2 rings (SSSR count). The van der Waals surface area contributed by atoms with Crippen molar-refractivity contribution in [3.63, 3.8) is 0 Å². The third-order valence-corrected chi connectivity index (χ3v) is 5.41. The zero-order chi connectivity index (χ0) is 14.4. The molecule has 0 aliphatic carbocycles. The highest BCUT2D eigenvalue weighted by molar-refractivity contribution is 9.09. The van der Waals surface area contributed by atoms with Gasteiger partial charge in [-0.1, -0.05) is 28.1 Å². The Hall–Kier alpha value is -0.870. The summed E-state index contributed by atoms with van der Waals surface area (Å²) >= 11 is 5.42. The van der Waals surface area contributed by atoms with Gasteiger partial charge in [0.1, 0.15) is 5.75 Å². The molecule has 1 atom stereocenters. The van der Waals surface area contributed by atoms with E-state index in [1.807, 2.05) is 11.6 Å². The van der Waals surface area contributed by atoms with Crippen LogP contribution in [0.25, 0.3) is 0 Å². The van der Waals surface area contributed by atoms with Crippen molar-refractivity contribution in [2.24, 2.45) is 5.92 Å². The maximum Gasteiger partial charge on any atom is 0.119 e. The molecule has 0 aliphatic heterocycles. The fourth-order valence-corrected chi connectivity index (χ4v) is 3.62. The van der Waals surface area contributed by atoms with Crippen molar-refractivity contribution in [3.05, 3.63) is 45.9 Å². The normalized spacial score (nSPS) is 12.3. The Balaban J connectivity index is 1.93. The van der Waals surface area contributed by atoms with E-state index < -0.39 is 0 Å². The van der Waals surface area contributed by atoms with Crippen molar-refractivity contribution in [3.8, 4) is 5.75 Å². The maximum atomic E-state index is 5.29. The lowest BCUT2D eigenvalue weighted by atomic mass is 9.96. The minimum atomic E-state index is 0.642. The molecular formula is C16H20BrNOS. The number of rotatable bonds is 7. The molecule has 1 unspecified atom stereocenters. The second-order valence-corrected chi connectivity index (χ2v) is 6.56. The summed E-state index contributed by atoms with van der Waals surface area (Å²) in [4.78, 5) is 5.74. The zero-order valence-electron chi connectivity index (χ0n) is 11.9. The molecule has 1 aromatic carbocycles. The van der Waals surface area contributed by atoms with Gasteiger partial charge in [-0.25, -0.2) is 4.98 Å². The molecule has 0 N–H and O–H groups in total. The summed E-state index contributed by atoms with van der Waals surface area (Å²) in [7, 11) is 1.72. The van der Waals surface area contributed by atoms with E-state index >= 15 is 0 Å². The van der Waals surface area contributed by atoms with Gasteiger partial charge in [-0.15, -0.1) is 11.3 Å². The predicted octanol–water partition coefficient (Wildman–Crippen LogP) is 4.65. The first kappa shape index (κ1) is 15.5. The summed E-state index contributed by atoms with van der Waals surface area (Å²) in [6, 6.07) is 8.36. The van der Waals surface area contributed by atoms with Gasteiger partial charge in [0, 0.05) is 10.2 Å². The van der Waals surface area contributed by atoms with E-state index in [0.29, 0.717) is 5.92 Å². The predicted molar refractivity (Wildman–Crippen MR) is 89.2 cm³/mol. The summed E-state index contributed by atoms with van der Waals surface area (Å²) in [6.45, 7) is 2.09. The van der Waals surface area contributed by atoms with Crippen molar-refractivity contribution < 1.29 is 4.74 Å². The standard InChI is InChI=1S/C16H20BrNOS/c1-12-16(20-11-18-12)7-6-14(10-17)8-13-4-3-5-15(9-13)19-2/h3-5,9,11,14H,6-8,10H2,1-2H3. The van der Waals surface area contributed by atoms with Gasteiger partial charge in [-0.2, -0.15) is 0 Å². The van der Waals surface area contributed by atoms with Crippen LogP contribution in [0.15, 0.2) is 29.8 Å². The monoisotopic (exact) mass is 353 g/mol. The molecule has 1 aromatic heterocycles. The number of ether oxygens (including phenoxy) is 1. The van der Waals surface area contributed by atoms with Crippen LogP contribution < -0.4 is 4.74 Å². The van der Waals surface area contributed by atoms with Crippen molar-refractivity contribution in [2.75, 3.05) is 12.4 Å². The van der Waals surface area contributed by atoms with Gasteiger partial charge in [0.2, 0.25) is 0 Å². The van der Waals surface area contributed by atoms with Gasteiger partial charge >= 0.3 is 0 Å². The van der Waals surface area contributed by atoms with Gasteiger partial charge in [0.25, 0.3) is 0 Å². The van der Waals surface area contributed by atoms with Crippen LogP contribution in [-0.2, 0) is 12.8 Å². The lowest BCUT2D eigenvalue weighted by Gasteiger charge is -2.14. The fourth-order valence-electron chi connectivity index (χ4n) is 2.27. The summed E-state index contributed by atoms with van der Waals surface area (Å²) < 4.78 is 5.29. The molecule has 4 heteroatoms. The Bertz CT molecular complexity index is 541. The average Bonchev–Trinajstić information content (AvgIpc) is 2.89. The molecule has 108 valence electrons. The number of methoxy groups -OCH3 is 1. The van der Waals surface area contributed by atoms with Crippen molar-refractivity contribution >= 4 is 27.3 Å². The van der Waals surface area contributed by atoms with Crippen LogP contribution in [0.2, 0.25) is 0 Å². The number of thiazole rings is 1. The van der Waals surface area contributed by atoms with Gasteiger partial charge in [-0.3, -0.25) is 0 Å². The van der Waals surface area contributed by atoms with E-state index in [-0.39, 0.29) is 0 Å². The molecular weight excluding hydrogens is 334 g/mol. The molecule has 20 heavy (non-hydrogen) atoms. The van der Waals surface area contributed by atoms with E-state index in [0.717, 1.165) is 23.9 Å². The molecule has 0 bridgehead atoms. The molecule has 0 aliphatic rings. The van der Waals surface area contributed by atoms with E-state index in [2.05, 4.69) is 46.0 Å². The summed E-state index contributed by atoms with van der Waals surface area (Å²) in [5, 5.41) is 1.03. The maximum absolute atomic E-state index is 5.29. The van der Waals surface area contributed by atoms with Crippen LogP contribution in [0, 0.1) is 12.8 Å². The lowest BCUT2D eigenvalue weighted by Crippen LogP contribution is -2.08. The topological polar surface area (TPSA) is 22.1 Å². The highest BCUT2D eigenvalue weighted by atomic mass is 79.9. The van der Waals surface area contributed by atoms with Gasteiger partial charge in [0.05, 0.1) is 18.3 Å². The molecule has 0 radical (unpaired) electrons. The smallest absolute Gasteiger partial charge is 0.119 e. The number of benzene rings is 1. The largest absolute Gasteiger partial charge is 0.497 e. The van der Waals surface area contributed by atoms with Crippen LogP contribution in [-0.4, -0.2) is 17.4 Å². The highest BCUT2D eigenvalue weighted by Crippen LogP contribution is 2.22. The summed E-state index contributed by atoms with van der Waals surface area (Å²) in [5.74, 6) is 1.58. The highest BCUT2D eigenvalue weighted by Gasteiger charge is 2.11. The van der Waals surface area contributed by atoms with E-state index in [4.69, 9.17) is 4.74 Å². The quantitative estimate of drug-likeness (QED) is 0.676. The molecule has 0 saturated heterocycles. The minimum Gasteiger partial charge on any atom is -0.497 e. The SMILES string of the molecule is COc1cccc(CC(CBr)CCc2scnc2C)c1. The van der Waals surface area contributed by atoms with Crippen LogP contribution >= 0.6 is 27.3 Å². The first-order valence-electron chi connectivity index (χ1n) is 6.80. The first-order chi connectivity index (χ1) is 9.72. The third-order valence-electron chi connectivity index (χ3n) is 3.50. The molecule has 1 heterocycles. The average molecular weight is 354 g/mol. The molecule has 2 nitrogen and oxygen atoms in total. The van der Waals surface area contributed by atoms with E-state index in [1.54, 1.807) is 18.4 Å². The first-order valence-corrected chi connectivity index (χ1v) is 8.81. The second kappa shape index (κ2) is 7.79. The number of aromatic nitrogens is 1. The number of aryl methyl sites for hydroxylation is 2. The Morgan fingerprint density at radius 2 is 2.25 bits per heavy atom. The summed E-state index contributed by atoms with van der Waals surface area (Å²) in [6.07, 6.45) is 3.39. The second-order valence-electron chi connectivity index (χ2n) is 4.98. The lowest BCUT2D eigenvalue weighted by molar-refractivity contribution is 0.413. The van der Waals surface area contributed by atoms with Crippen molar-refractivity contribution in [1.82, 2.24) is 4.98 Å². The Kier molecular flexibility index (Phi) is 6.05. The number of alkyl halides is 1. The number of hydrogen-bond donors (Lipinski definition) is 0. The minimum absolute atomic E-state index is 0.642. The van der Waals surface area contributed by atoms with Gasteiger partial charge in [-0.05, 0) is 49.8 Å². The molecule has 2 aromatic rings. The van der Waals surface area contributed by atoms with Crippen LogP contribution in [0.5, 0.6) is 5.75 Å². The summed E-state index contributed by atoms with van der Waals surface area (Å²) in [5.41, 5.74) is 4.47. The molecule has 0 spiro atoms. The van der Waals surface area contributed by atoms with E-state index in [1.165, 1.54) is 22.6 Å². The van der Waals surface area contributed by atoms with Crippen LogP contribution in [0.4, 0.5) is 0 Å². The molecule has 0 saturated carbocycles. The van der Waals surface area contributed by atoms with Crippen LogP contribution in [0.3, 0.4) is 0 Å². The zero-order valence-corrected chi connectivity index (χ0v) is 14.3. The Labute approximate surface area is 133 Å². The van der Waals surface area contributed by atoms with Crippen LogP contribution in [0.1, 0.15) is 22.6 Å².